The molecule has 0 spiro atoms. The molecule has 1 N–H and O–H groups in total. The van der Waals surface area contributed by atoms with E-state index >= 15 is 0 Å². The summed E-state index contributed by atoms with van der Waals surface area (Å²) in [5.41, 5.74) is -0.468. The molecule has 1 aromatic heterocycles. The quantitative estimate of drug-likeness (QED) is 0.779. The van der Waals surface area contributed by atoms with Gasteiger partial charge in [-0.05, 0) is 25.0 Å². The maximum Gasteiger partial charge on any atom is 0.0931 e. The van der Waals surface area contributed by atoms with Gasteiger partial charge in [-0.1, -0.05) is 37.3 Å². The Balaban J connectivity index is 2.02. The molecule has 1 aromatic rings. The molecule has 0 saturated heterocycles. The molecule has 15 heavy (non-hydrogen) atoms. The second kappa shape index (κ2) is 4.86. The summed E-state index contributed by atoms with van der Waals surface area (Å²) in [6.45, 7) is 0. The van der Waals surface area contributed by atoms with Crippen molar-refractivity contribution in [2.24, 2.45) is 0 Å². The van der Waals surface area contributed by atoms with Crippen LogP contribution in [-0.4, -0.2) is 10.7 Å². The molecular weight excluding hydrogens is 228 g/mol. The summed E-state index contributed by atoms with van der Waals surface area (Å²) in [6, 6.07) is 3.96. The first kappa shape index (κ1) is 11.4. The molecule has 0 unspecified atom stereocenters. The molecule has 1 heterocycles. The summed E-state index contributed by atoms with van der Waals surface area (Å²) in [7, 11) is 0. The first-order valence-electron chi connectivity index (χ1n) is 5.65. The number of halogens is 1. The highest BCUT2D eigenvalue weighted by Crippen LogP contribution is 2.33. The molecular formula is C12H17ClOS. The molecule has 0 atom stereocenters. The van der Waals surface area contributed by atoms with Crippen LogP contribution in [0.25, 0.3) is 0 Å². The van der Waals surface area contributed by atoms with E-state index in [1.165, 1.54) is 17.7 Å². The van der Waals surface area contributed by atoms with Gasteiger partial charge in [0.2, 0.25) is 0 Å². The summed E-state index contributed by atoms with van der Waals surface area (Å²) in [4.78, 5) is 1.21. The topological polar surface area (TPSA) is 20.2 Å². The Morgan fingerprint density at radius 1 is 1.20 bits per heavy atom. The zero-order valence-electron chi connectivity index (χ0n) is 8.84. The Morgan fingerprint density at radius 3 is 2.40 bits per heavy atom. The average molecular weight is 245 g/mol. The fourth-order valence-electron chi connectivity index (χ4n) is 2.33. The molecule has 0 amide bonds. The molecule has 0 aliphatic heterocycles. The largest absolute Gasteiger partial charge is 0.390 e. The van der Waals surface area contributed by atoms with E-state index in [0.717, 1.165) is 36.4 Å². The number of hydrogen-bond donors (Lipinski definition) is 1. The van der Waals surface area contributed by atoms with Crippen LogP contribution in [0.3, 0.4) is 0 Å². The van der Waals surface area contributed by atoms with E-state index < -0.39 is 5.60 Å². The summed E-state index contributed by atoms with van der Waals surface area (Å²) in [5.74, 6) is 0. The third-order valence-electron chi connectivity index (χ3n) is 3.17. The number of rotatable bonds is 2. The SMILES string of the molecule is OC1(Cc2ccc(Cl)s2)CCCCCC1. The molecule has 0 bridgehead atoms. The molecule has 0 radical (unpaired) electrons. The van der Waals surface area contributed by atoms with Gasteiger partial charge < -0.3 is 5.11 Å². The Kier molecular flexibility index (Phi) is 3.70. The predicted octanol–water partition coefficient (Wildman–Crippen LogP) is 4.03. The number of aliphatic hydroxyl groups is 1. The van der Waals surface area contributed by atoms with Gasteiger partial charge in [-0.3, -0.25) is 0 Å². The molecule has 1 nitrogen and oxygen atoms in total. The maximum atomic E-state index is 10.5. The van der Waals surface area contributed by atoms with E-state index in [9.17, 15) is 5.11 Å². The summed E-state index contributed by atoms with van der Waals surface area (Å²) < 4.78 is 0.822. The van der Waals surface area contributed by atoms with Crippen LogP contribution in [0, 0.1) is 0 Å². The van der Waals surface area contributed by atoms with Gasteiger partial charge in [-0.25, -0.2) is 0 Å². The van der Waals surface area contributed by atoms with Crippen molar-refractivity contribution in [3.63, 3.8) is 0 Å². The second-order valence-electron chi connectivity index (χ2n) is 4.52. The van der Waals surface area contributed by atoms with Gasteiger partial charge in [0, 0.05) is 11.3 Å². The fourth-order valence-corrected chi connectivity index (χ4v) is 3.56. The van der Waals surface area contributed by atoms with E-state index in [1.807, 2.05) is 12.1 Å². The molecule has 3 heteroatoms. The van der Waals surface area contributed by atoms with Gasteiger partial charge in [0.15, 0.2) is 0 Å². The standard InChI is InChI=1S/C12H17ClOS/c13-11-6-5-10(15-11)9-12(14)7-3-1-2-4-8-12/h5-6,14H,1-4,7-9H2. The number of hydrogen-bond acceptors (Lipinski definition) is 2. The van der Waals surface area contributed by atoms with Gasteiger partial charge in [-0.2, -0.15) is 0 Å². The van der Waals surface area contributed by atoms with Crippen LogP contribution < -0.4 is 0 Å². The van der Waals surface area contributed by atoms with Crippen LogP contribution >= 0.6 is 22.9 Å². The van der Waals surface area contributed by atoms with Crippen molar-refractivity contribution in [1.29, 1.82) is 0 Å². The first-order valence-corrected chi connectivity index (χ1v) is 6.84. The van der Waals surface area contributed by atoms with Gasteiger partial charge in [0.25, 0.3) is 0 Å². The molecule has 0 aromatic carbocycles. The van der Waals surface area contributed by atoms with Gasteiger partial charge >= 0.3 is 0 Å². The highest BCUT2D eigenvalue weighted by Gasteiger charge is 2.28. The number of thiophene rings is 1. The van der Waals surface area contributed by atoms with Crippen molar-refractivity contribution >= 4 is 22.9 Å². The second-order valence-corrected chi connectivity index (χ2v) is 6.32. The van der Waals surface area contributed by atoms with E-state index in [0.29, 0.717) is 0 Å². The van der Waals surface area contributed by atoms with Crippen LogP contribution in [0.5, 0.6) is 0 Å². The Labute approximate surface area is 100 Å². The summed E-state index contributed by atoms with van der Waals surface area (Å²) >= 11 is 7.48. The lowest BCUT2D eigenvalue weighted by Gasteiger charge is -2.25. The van der Waals surface area contributed by atoms with Crippen molar-refractivity contribution in [1.82, 2.24) is 0 Å². The van der Waals surface area contributed by atoms with Crippen molar-refractivity contribution in [2.75, 3.05) is 0 Å². The molecule has 1 aliphatic carbocycles. The first-order chi connectivity index (χ1) is 7.18. The van der Waals surface area contributed by atoms with E-state index in [1.54, 1.807) is 11.3 Å². The van der Waals surface area contributed by atoms with E-state index in [2.05, 4.69) is 0 Å². The highest BCUT2D eigenvalue weighted by molar-refractivity contribution is 7.16. The van der Waals surface area contributed by atoms with Crippen LogP contribution in [0.2, 0.25) is 4.34 Å². The Morgan fingerprint density at radius 2 is 1.87 bits per heavy atom. The lowest BCUT2D eigenvalue weighted by molar-refractivity contribution is 0.0260. The molecule has 84 valence electrons. The smallest absolute Gasteiger partial charge is 0.0931 e. The normalized spacial score (nSPS) is 21.2. The minimum Gasteiger partial charge on any atom is -0.390 e. The third kappa shape index (κ3) is 3.20. The molecule has 1 aliphatic rings. The molecule has 1 saturated carbocycles. The lowest BCUT2D eigenvalue weighted by Crippen LogP contribution is -2.30. The zero-order valence-corrected chi connectivity index (χ0v) is 10.4. The van der Waals surface area contributed by atoms with Gasteiger partial charge in [0.05, 0.1) is 9.94 Å². The zero-order chi connectivity index (χ0) is 10.7. The van der Waals surface area contributed by atoms with E-state index in [4.69, 9.17) is 11.6 Å². The van der Waals surface area contributed by atoms with Crippen LogP contribution in [0.1, 0.15) is 43.4 Å². The van der Waals surface area contributed by atoms with Crippen LogP contribution in [0.4, 0.5) is 0 Å². The van der Waals surface area contributed by atoms with E-state index in [-0.39, 0.29) is 0 Å². The minimum absolute atomic E-state index is 0.468. The average Bonchev–Trinajstić information content (AvgIpc) is 2.46. The minimum atomic E-state index is -0.468. The van der Waals surface area contributed by atoms with Crippen molar-refractivity contribution in [3.8, 4) is 0 Å². The van der Waals surface area contributed by atoms with Crippen molar-refractivity contribution in [3.05, 3.63) is 21.3 Å². The van der Waals surface area contributed by atoms with Gasteiger partial charge in [0.1, 0.15) is 0 Å². The summed E-state index contributed by atoms with van der Waals surface area (Å²) in [6.07, 6.45) is 7.54. The highest BCUT2D eigenvalue weighted by atomic mass is 35.5. The van der Waals surface area contributed by atoms with Gasteiger partial charge in [-0.15, -0.1) is 11.3 Å². The van der Waals surface area contributed by atoms with Crippen molar-refractivity contribution in [2.45, 2.75) is 50.5 Å². The lowest BCUT2D eigenvalue weighted by atomic mass is 9.90. The predicted molar refractivity (Wildman–Crippen MR) is 65.7 cm³/mol. The van der Waals surface area contributed by atoms with Crippen molar-refractivity contribution < 1.29 is 5.11 Å². The molecule has 1 fully saturated rings. The summed E-state index contributed by atoms with van der Waals surface area (Å²) in [5, 5.41) is 10.5. The Hall–Kier alpha value is -0.0500. The van der Waals surface area contributed by atoms with Crippen LogP contribution in [0.15, 0.2) is 12.1 Å². The Bertz CT molecular complexity index is 313. The van der Waals surface area contributed by atoms with Crippen LogP contribution in [-0.2, 0) is 6.42 Å². The molecule has 2 rings (SSSR count). The third-order valence-corrected chi connectivity index (χ3v) is 4.40. The fraction of sp³-hybridized carbons (Fsp3) is 0.667. The maximum absolute atomic E-state index is 10.5. The monoisotopic (exact) mass is 244 g/mol.